The predicted octanol–water partition coefficient (Wildman–Crippen LogP) is 2.31. The van der Waals surface area contributed by atoms with Crippen molar-refractivity contribution in [3.05, 3.63) is 45.5 Å². The largest absolute Gasteiger partial charge is 0.459 e. The van der Waals surface area contributed by atoms with Crippen LogP contribution in [0.25, 0.3) is 6.08 Å². The highest BCUT2D eigenvalue weighted by Crippen LogP contribution is 2.23. The number of rotatable bonds is 2. The Morgan fingerprint density at radius 2 is 2.06 bits per heavy atom. The standard InChI is InChI=1S/C12H11NO4/c1-8-6-10(12(14)17-8)7-9-2-4-11(5-3-9)13(15)16/h2-5,7-8H,6H2,1H3/b10-7+/t8-/m1/s1. The van der Waals surface area contributed by atoms with E-state index in [0.29, 0.717) is 12.0 Å². The van der Waals surface area contributed by atoms with Crippen LogP contribution in [0.15, 0.2) is 29.8 Å². The van der Waals surface area contributed by atoms with Crippen molar-refractivity contribution < 1.29 is 14.5 Å². The molecule has 1 aromatic carbocycles. The lowest BCUT2D eigenvalue weighted by Gasteiger charge is -1.95. The van der Waals surface area contributed by atoms with Crippen LogP contribution in [0.3, 0.4) is 0 Å². The molecule has 0 amide bonds. The van der Waals surface area contributed by atoms with Crippen LogP contribution in [0.1, 0.15) is 18.9 Å². The van der Waals surface area contributed by atoms with Gasteiger partial charge < -0.3 is 4.74 Å². The number of carbonyl (C=O) groups is 1. The first kappa shape index (κ1) is 11.3. The van der Waals surface area contributed by atoms with Crippen molar-refractivity contribution in [1.82, 2.24) is 0 Å². The smallest absolute Gasteiger partial charge is 0.334 e. The monoisotopic (exact) mass is 233 g/mol. The van der Waals surface area contributed by atoms with Crippen molar-refractivity contribution >= 4 is 17.7 Å². The number of hydrogen-bond acceptors (Lipinski definition) is 4. The van der Waals surface area contributed by atoms with Gasteiger partial charge in [0.1, 0.15) is 6.10 Å². The normalized spacial score (nSPS) is 21.6. The van der Waals surface area contributed by atoms with Crippen LogP contribution >= 0.6 is 0 Å². The summed E-state index contributed by atoms with van der Waals surface area (Å²) >= 11 is 0. The minimum absolute atomic E-state index is 0.0366. The average Bonchev–Trinajstić information content (AvgIpc) is 2.58. The van der Waals surface area contributed by atoms with E-state index in [1.54, 1.807) is 18.2 Å². The maximum absolute atomic E-state index is 11.4. The number of benzene rings is 1. The molecule has 17 heavy (non-hydrogen) atoms. The molecule has 1 atom stereocenters. The van der Waals surface area contributed by atoms with Gasteiger partial charge in [-0.05, 0) is 30.7 Å². The molecular weight excluding hydrogens is 222 g/mol. The number of nitrogens with zero attached hydrogens (tertiary/aromatic N) is 1. The van der Waals surface area contributed by atoms with Gasteiger partial charge in [-0.25, -0.2) is 4.79 Å². The van der Waals surface area contributed by atoms with E-state index in [2.05, 4.69) is 0 Å². The number of carbonyl (C=O) groups excluding carboxylic acids is 1. The third kappa shape index (κ3) is 2.50. The van der Waals surface area contributed by atoms with Crippen LogP contribution in [0.2, 0.25) is 0 Å². The number of non-ortho nitro benzene ring substituents is 1. The molecule has 0 saturated carbocycles. The van der Waals surface area contributed by atoms with Gasteiger partial charge in [-0.1, -0.05) is 0 Å². The Balaban J connectivity index is 2.21. The van der Waals surface area contributed by atoms with Gasteiger partial charge in [-0.3, -0.25) is 10.1 Å². The fourth-order valence-corrected chi connectivity index (χ4v) is 1.70. The Bertz CT molecular complexity index is 490. The summed E-state index contributed by atoms with van der Waals surface area (Å²) in [5.74, 6) is -0.309. The molecule has 88 valence electrons. The molecule has 1 fully saturated rings. The first-order valence-corrected chi connectivity index (χ1v) is 5.22. The Kier molecular flexibility index (Phi) is 2.91. The van der Waals surface area contributed by atoms with Crippen LogP contribution in [-0.4, -0.2) is 17.0 Å². The van der Waals surface area contributed by atoms with Crippen molar-refractivity contribution in [2.24, 2.45) is 0 Å². The van der Waals surface area contributed by atoms with Gasteiger partial charge in [0.25, 0.3) is 5.69 Å². The summed E-state index contributed by atoms with van der Waals surface area (Å²) in [7, 11) is 0. The second-order valence-corrected chi connectivity index (χ2v) is 3.94. The Hall–Kier alpha value is -2.17. The molecule has 0 bridgehead atoms. The highest BCUT2D eigenvalue weighted by Gasteiger charge is 2.25. The molecule has 0 radical (unpaired) electrons. The number of ether oxygens (including phenoxy) is 1. The molecule has 1 saturated heterocycles. The molecule has 1 aromatic rings. The summed E-state index contributed by atoms with van der Waals surface area (Å²) in [5, 5.41) is 10.5. The first-order chi connectivity index (χ1) is 8.06. The highest BCUT2D eigenvalue weighted by atomic mass is 16.6. The maximum Gasteiger partial charge on any atom is 0.334 e. The van der Waals surface area contributed by atoms with Crippen LogP contribution in [0.4, 0.5) is 5.69 Å². The summed E-state index contributed by atoms with van der Waals surface area (Å²) < 4.78 is 4.99. The van der Waals surface area contributed by atoms with E-state index in [1.165, 1.54) is 12.1 Å². The fourth-order valence-electron chi connectivity index (χ4n) is 1.70. The van der Waals surface area contributed by atoms with Crippen LogP contribution in [0, 0.1) is 10.1 Å². The van der Waals surface area contributed by atoms with Crippen molar-refractivity contribution in [2.45, 2.75) is 19.4 Å². The molecule has 2 rings (SSSR count). The van der Waals surface area contributed by atoms with Crippen LogP contribution in [-0.2, 0) is 9.53 Å². The third-order valence-electron chi connectivity index (χ3n) is 2.52. The van der Waals surface area contributed by atoms with Gasteiger partial charge in [-0.2, -0.15) is 0 Å². The fraction of sp³-hybridized carbons (Fsp3) is 0.250. The van der Waals surface area contributed by atoms with E-state index in [0.717, 1.165) is 5.56 Å². The van der Waals surface area contributed by atoms with Gasteiger partial charge in [0, 0.05) is 24.1 Å². The Morgan fingerprint density at radius 1 is 1.41 bits per heavy atom. The van der Waals surface area contributed by atoms with Crippen molar-refractivity contribution in [2.75, 3.05) is 0 Å². The lowest BCUT2D eigenvalue weighted by atomic mass is 10.1. The Morgan fingerprint density at radius 3 is 2.53 bits per heavy atom. The third-order valence-corrected chi connectivity index (χ3v) is 2.52. The van der Waals surface area contributed by atoms with Crippen LogP contribution in [0.5, 0.6) is 0 Å². The zero-order valence-corrected chi connectivity index (χ0v) is 9.25. The van der Waals surface area contributed by atoms with Crippen molar-refractivity contribution in [1.29, 1.82) is 0 Å². The van der Waals surface area contributed by atoms with Gasteiger partial charge in [0.15, 0.2) is 0 Å². The molecule has 1 aliphatic rings. The molecule has 5 nitrogen and oxygen atoms in total. The van der Waals surface area contributed by atoms with Gasteiger partial charge >= 0.3 is 5.97 Å². The second-order valence-electron chi connectivity index (χ2n) is 3.94. The molecule has 1 heterocycles. The molecule has 0 N–H and O–H groups in total. The van der Waals surface area contributed by atoms with E-state index < -0.39 is 4.92 Å². The van der Waals surface area contributed by atoms with Gasteiger partial charge in [0.2, 0.25) is 0 Å². The van der Waals surface area contributed by atoms with E-state index in [-0.39, 0.29) is 17.8 Å². The summed E-state index contributed by atoms with van der Waals surface area (Å²) in [6.45, 7) is 1.83. The highest BCUT2D eigenvalue weighted by molar-refractivity contribution is 5.95. The van der Waals surface area contributed by atoms with E-state index in [1.807, 2.05) is 6.92 Å². The summed E-state index contributed by atoms with van der Waals surface area (Å²) in [6, 6.07) is 6.05. The summed E-state index contributed by atoms with van der Waals surface area (Å²) in [4.78, 5) is 21.4. The first-order valence-electron chi connectivity index (χ1n) is 5.22. The van der Waals surface area contributed by atoms with E-state index in [9.17, 15) is 14.9 Å². The minimum atomic E-state index is -0.456. The van der Waals surface area contributed by atoms with E-state index in [4.69, 9.17) is 4.74 Å². The zero-order valence-electron chi connectivity index (χ0n) is 9.25. The van der Waals surface area contributed by atoms with Crippen LogP contribution < -0.4 is 0 Å². The second kappa shape index (κ2) is 4.37. The lowest BCUT2D eigenvalue weighted by molar-refractivity contribution is -0.384. The molecule has 0 unspecified atom stereocenters. The molecule has 0 aromatic heterocycles. The SMILES string of the molecule is C[C@@H]1C/C(=C\c2ccc([N+](=O)[O-])cc2)C(=O)O1. The molecule has 1 aliphatic heterocycles. The predicted molar refractivity (Wildman–Crippen MR) is 61.2 cm³/mol. The van der Waals surface area contributed by atoms with Crippen molar-refractivity contribution in [3.63, 3.8) is 0 Å². The summed E-state index contributed by atoms with van der Waals surface area (Å²) in [5.41, 5.74) is 1.40. The molecule has 5 heteroatoms. The topological polar surface area (TPSA) is 69.4 Å². The number of nitro groups is 1. The lowest BCUT2D eigenvalue weighted by Crippen LogP contribution is -1.99. The molecule has 0 spiro atoms. The van der Waals surface area contributed by atoms with E-state index >= 15 is 0 Å². The minimum Gasteiger partial charge on any atom is -0.459 e. The average molecular weight is 233 g/mol. The number of hydrogen-bond donors (Lipinski definition) is 0. The summed E-state index contributed by atoms with van der Waals surface area (Å²) in [6.07, 6.45) is 2.19. The zero-order chi connectivity index (χ0) is 12.4. The number of nitro benzene ring substituents is 1. The maximum atomic E-state index is 11.4. The quantitative estimate of drug-likeness (QED) is 0.340. The number of cyclic esters (lactones) is 1. The van der Waals surface area contributed by atoms with Gasteiger partial charge in [0.05, 0.1) is 4.92 Å². The molecular formula is C12H11NO4. The van der Waals surface area contributed by atoms with Crippen molar-refractivity contribution in [3.8, 4) is 0 Å². The number of esters is 1. The van der Waals surface area contributed by atoms with Gasteiger partial charge in [-0.15, -0.1) is 0 Å². The molecule has 0 aliphatic carbocycles. The Labute approximate surface area is 97.9 Å².